The van der Waals surface area contributed by atoms with Crippen LogP contribution in [-0.4, -0.2) is 39.3 Å². The molecular weight excluding hydrogens is 102 g/mol. The Morgan fingerprint density at radius 2 is 2.43 bits per heavy atom. The van der Waals surface area contributed by atoms with Gasteiger partial charge >= 0.3 is 0 Å². The van der Waals surface area contributed by atoms with E-state index in [1.165, 1.54) is 0 Å². The lowest BCUT2D eigenvalue weighted by molar-refractivity contribution is 0.408. The summed E-state index contributed by atoms with van der Waals surface area (Å²) in [6.07, 6.45) is 0.815. The zero-order chi connectivity index (χ0) is 8.20. The SMILES string of the molecule is [3H][Si]([3H])([3H])CCCN(C)C. The van der Waals surface area contributed by atoms with Crippen molar-refractivity contribution in [3.05, 3.63) is 0 Å². The molecule has 0 aliphatic carbocycles. The number of hydrogen-bond acceptors (Lipinski definition) is 1. The third-order valence-corrected chi connectivity index (χ3v) is 1.14. The van der Waals surface area contributed by atoms with Crippen LogP contribution in [0.3, 0.4) is 0 Å². The van der Waals surface area contributed by atoms with Crippen molar-refractivity contribution in [3.8, 4) is 0 Å². The van der Waals surface area contributed by atoms with Gasteiger partial charge in [0.1, 0.15) is 0 Å². The summed E-state index contributed by atoms with van der Waals surface area (Å²) in [5.74, 6) is 0. The summed E-state index contributed by atoms with van der Waals surface area (Å²) >= 11 is 0. The molecule has 0 aliphatic rings. The number of hydrogen-bond donors (Lipinski definition) is 0. The lowest BCUT2D eigenvalue weighted by Gasteiger charge is -2.05. The highest BCUT2D eigenvalue weighted by Crippen LogP contribution is 1.84. The molecule has 0 radical (unpaired) electrons. The molecule has 0 N–H and O–H groups in total. The van der Waals surface area contributed by atoms with E-state index in [-0.39, 0.29) is 0 Å². The van der Waals surface area contributed by atoms with Gasteiger partial charge in [-0.1, -0.05) is 6.04 Å². The third-order valence-electron chi connectivity index (χ3n) is 0.782. The van der Waals surface area contributed by atoms with Crippen molar-refractivity contribution in [2.24, 2.45) is 0 Å². The minimum Gasteiger partial charge on any atom is -0.309 e. The van der Waals surface area contributed by atoms with Crippen LogP contribution >= 0.6 is 0 Å². The molecule has 0 aromatic heterocycles. The second-order valence-electron chi connectivity index (χ2n) is 1.91. The molecule has 0 rings (SSSR count). The molecule has 0 aromatic rings. The lowest BCUT2D eigenvalue weighted by atomic mass is 10.5. The standard InChI is InChI=1S/C5H15NSi/c1-6(2)4-3-5-7/h3-5H2,1-2,7H3/i7T3. The summed E-state index contributed by atoms with van der Waals surface area (Å²) < 4.78 is 21.1. The highest BCUT2D eigenvalue weighted by molar-refractivity contribution is 6.08. The normalized spacial score (nSPS) is 18.4. The van der Waals surface area contributed by atoms with Gasteiger partial charge < -0.3 is 4.90 Å². The Morgan fingerprint density at radius 1 is 1.71 bits per heavy atom. The van der Waals surface area contributed by atoms with Gasteiger partial charge in [0.2, 0.25) is 0 Å². The fraction of sp³-hybridized carbons (Fsp3) is 1.00. The number of rotatable bonds is 4. The maximum atomic E-state index is 7.03. The first-order chi connectivity index (χ1) is 4.42. The smallest absolute Gasteiger partial charge is 0.00729 e. The van der Waals surface area contributed by atoms with E-state index in [0.29, 0.717) is 6.04 Å². The molecule has 0 atom stereocenters. The first-order valence-electron chi connectivity index (χ1n) is 4.06. The van der Waals surface area contributed by atoms with Crippen LogP contribution in [0, 0.1) is 0 Å². The van der Waals surface area contributed by atoms with Crippen LogP contribution in [-0.2, 0) is 0 Å². The Kier molecular flexibility index (Phi) is 2.02. The zero-order valence-electron chi connectivity index (χ0n) is 8.07. The fourth-order valence-corrected chi connectivity index (χ4v) is 0.553. The molecule has 0 amide bonds. The molecular formula is C5H15NSi. The Labute approximate surface area is 52.8 Å². The molecule has 0 saturated heterocycles. The first kappa shape index (κ1) is 3.25. The van der Waals surface area contributed by atoms with Crippen molar-refractivity contribution in [1.29, 1.82) is 3.70 Å². The molecule has 0 unspecified atom stereocenters. The molecule has 0 bridgehead atoms. The van der Waals surface area contributed by atoms with Crippen molar-refractivity contribution < 1.29 is 0 Å². The maximum absolute atomic E-state index is 7.03. The molecule has 0 heterocycles. The molecule has 1 nitrogen and oxygen atoms in total. The largest absolute Gasteiger partial charge is 0.309 e. The molecule has 0 aliphatic heterocycles. The van der Waals surface area contributed by atoms with E-state index in [1.54, 1.807) is 0 Å². The van der Waals surface area contributed by atoms with Crippen LogP contribution in [0.4, 0.5) is 0 Å². The van der Waals surface area contributed by atoms with Gasteiger partial charge in [0.15, 0.2) is 0 Å². The second kappa shape index (κ2) is 4.34. The quantitative estimate of drug-likeness (QED) is 0.465. The summed E-state index contributed by atoms with van der Waals surface area (Å²) in [4.78, 5) is 2.01. The summed E-state index contributed by atoms with van der Waals surface area (Å²) in [6.45, 7) is 0.894. The van der Waals surface area contributed by atoms with Gasteiger partial charge in [0.25, 0.3) is 0 Å². The predicted molar refractivity (Wildman–Crippen MR) is 37.9 cm³/mol. The maximum Gasteiger partial charge on any atom is 0.00729 e. The Balaban J connectivity index is 3.21. The Hall–Kier alpha value is 0.177. The first-order valence-corrected chi connectivity index (χ1v) is 3.27. The fourth-order valence-electron chi connectivity index (χ4n) is 0.395. The number of nitrogens with zero attached hydrogens (tertiary/aromatic N) is 1. The molecule has 7 heavy (non-hydrogen) atoms. The van der Waals surface area contributed by atoms with Crippen molar-refractivity contribution in [3.63, 3.8) is 0 Å². The van der Waals surface area contributed by atoms with E-state index in [1.807, 2.05) is 19.0 Å². The van der Waals surface area contributed by atoms with Crippen molar-refractivity contribution in [2.75, 3.05) is 20.6 Å². The van der Waals surface area contributed by atoms with Crippen LogP contribution in [0.2, 0.25) is 6.04 Å². The minimum atomic E-state index is -3.00. The molecule has 0 spiro atoms. The molecule has 0 aromatic carbocycles. The van der Waals surface area contributed by atoms with Crippen molar-refractivity contribution in [1.82, 2.24) is 4.90 Å². The molecule has 0 saturated carbocycles. The van der Waals surface area contributed by atoms with Crippen LogP contribution in [0.15, 0.2) is 0 Å². The zero-order valence-corrected chi connectivity index (χ0v) is 6.07. The van der Waals surface area contributed by atoms with Gasteiger partial charge in [-0.2, -0.15) is 0 Å². The monoisotopic (exact) mass is 123 g/mol. The molecule has 0 fully saturated rings. The summed E-state index contributed by atoms with van der Waals surface area (Å²) in [7, 11) is 0.918. The van der Waals surface area contributed by atoms with Gasteiger partial charge in [0, 0.05) is 13.7 Å². The van der Waals surface area contributed by atoms with Gasteiger partial charge in [-0.05, 0) is 27.1 Å². The third kappa shape index (κ3) is 6.18. The minimum absolute atomic E-state index is 0.463. The van der Waals surface area contributed by atoms with Gasteiger partial charge in [-0.25, -0.2) is 0 Å². The van der Waals surface area contributed by atoms with E-state index in [4.69, 9.17) is 3.70 Å². The Morgan fingerprint density at radius 3 is 2.86 bits per heavy atom. The van der Waals surface area contributed by atoms with Crippen LogP contribution in [0.5, 0.6) is 0 Å². The Bertz CT molecular complexity index is 91.4. The van der Waals surface area contributed by atoms with E-state index in [2.05, 4.69) is 0 Å². The molecule has 44 valence electrons. The van der Waals surface area contributed by atoms with Gasteiger partial charge in [-0.15, -0.1) is 0 Å². The highest BCUT2D eigenvalue weighted by Gasteiger charge is 1.83. The van der Waals surface area contributed by atoms with Crippen molar-refractivity contribution >= 4 is 10.0 Å². The summed E-state index contributed by atoms with van der Waals surface area (Å²) in [5.41, 5.74) is 0. The van der Waals surface area contributed by atoms with E-state index < -0.39 is 10.0 Å². The average molecular weight is 123 g/mol. The van der Waals surface area contributed by atoms with Crippen LogP contribution in [0.25, 0.3) is 0 Å². The van der Waals surface area contributed by atoms with Crippen molar-refractivity contribution in [2.45, 2.75) is 12.5 Å². The topological polar surface area (TPSA) is 3.24 Å². The van der Waals surface area contributed by atoms with Gasteiger partial charge in [-0.3, -0.25) is 0 Å². The molecule has 2 heteroatoms. The van der Waals surface area contributed by atoms with E-state index >= 15 is 0 Å². The van der Waals surface area contributed by atoms with Crippen LogP contribution < -0.4 is 0 Å². The van der Waals surface area contributed by atoms with Crippen LogP contribution in [0.1, 0.15) is 6.42 Å². The van der Waals surface area contributed by atoms with E-state index in [9.17, 15) is 0 Å². The van der Waals surface area contributed by atoms with E-state index in [0.717, 1.165) is 13.0 Å². The predicted octanol–water partition coefficient (Wildman–Crippen LogP) is -0.278. The summed E-state index contributed by atoms with van der Waals surface area (Å²) in [6, 6.07) is 0.463. The summed E-state index contributed by atoms with van der Waals surface area (Å²) in [5, 5.41) is 0. The lowest BCUT2D eigenvalue weighted by Crippen LogP contribution is -2.12. The second-order valence-corrected chi connectivity index (χ2v) is 2.41. The average Bonchev–Trinajstić information content (AvgIpc) is 1.59. The van der Waals surface area contributed by atoms with Gasteiger partial charge in [0.05, 0.1) is 0 Å². The highest BCUT2D eigenvalue weighted by atomic mass is 28.1.